The minimum Gasteiger partial charge on any atom is -0.466 e. The van der Waals surface area contributed by atoms with Crippen LogP contribution in [0, 0.1) is 15.5 Å². The van der Waals surface area contributed by atoms with E-state index in [1.165, 1.54) is 6.20 Å². The van der Waals surface area contributed by atoms with Crippen molar-refractivity contribution in [3.05, 3.63) is 40.6 Å². The molecule has 1 saturated carbocycles. The standard InChI is InChI=1S/C16H17N3O4/c1-2-23-15(20)16(7-8-16)10-18-14-11-5-3-4-6-12(11)17-9-13(14)19(21)22/h3-6,9H,2,7-8,10H2,1H3,(H,17,18). The molecule has 3 rings (SSSR count). The third kappa shape index (κ3) is 2.81. The quantitative estimate of drug-likeness (QED) is 0.500. The summed E-state index contributed by atoms with van der Waals surface area (Å²) >= 11 is 0. The van der Waals surface area contributed by atoms with Gasteiger partial charge in [0.2, 0.25) is 0 Å². The summed E-state index contributed by atoms with van der Waals surface area (Å²) in [5.74, 6) is -0.242. The molecule has 23 heavy (non-hydrogen) atoms. The molecular weight excluding hydrogens is 298 g/mol. The third-order valence-electron chi connectivity index (χ3n) is 4.12. The van der Waals surface area contributed by atoms with Crippen LogP contribution in [0.4, 0.5) is 11.4 Å². The van der Waals surface area contributed by atoms with Crippen molar-refractivity contribution in [1.29, 1.82) is 0 Å². The van der Waals surface area contributed by atoms with Gasteiger partial charge >= 0.3 is 11.7 Å². The lowest BCUT2D eigenvalue weighted by atomic mass is 10.1. The van der Waals surface area contributed by atoms with E-state index in [2.05, 4.69) is 10.3 Å². The topological polar surface area (TPSA) is 94.4 Å². The molecule has 1 fully saturated rings. The van der Waals surface area contributed by atoms with Gasteiger partial charge in [-0.15, -0.1) is 0 Å². The highest BCUT2D eigenvalue weighted by Crippen LogP contribution is 2.47. The molecule has 0 spiro atoms. The molecule has 1 N–H and O–H groups in total. The molecule has 2 aromatic rings. The normalized spacial score (nSPS) is 15.2. The van der Waals surface area contributed by atoms with Crippen LogP contribution in [0.25, 0.3) is 10.9 Å². The summed E-state index contributed by atoms with van der Waals surface area (Å²) in [6.07, 6.45) is 2.71. The van der Waals surface area contributed by atoms with Gasteiger partial charge in [0.15, 0.2) is 0 Å². The van der Waals surface area contributed by atoms with Crippen molar-refractivity contribution < 1.29 is 14.5 Å². The first-order chi connectivity index (χ1) is 11.1. The molecule has 1 aliphatic carbocycles. The van der Waals surface area contributed by atoms with Gasteiger partial charge in [-0.1, -0.05) is 18.2 Å². The fourth-order valence-corrected chi connectivity index (χ4v) is 2.60. The van der Waals surface area contributed by atoms with Crippen molar-refractivity contribution in [3.63, 3.8) is 0 Å². The van der Waals surface area contributed by atoms with E-state index in [-0.39, 0.29) is 11.7 Å². The van der Waals surface area contributed by atoms with Gasteiger partial charge in [-0.05, 0) is 25.8 Å². The second-order valence-electron chi connectivity index (χ2n) is 5.65. The van der Waals surface area contributed by atoms with Crippen molar-refractivity contribution in [2.24, 2.45) is 5.41 Å². The highest BCUT2D eigenvalue weighted by Gasteiger charge is 2.51. The Morgan fingerprint density at radius 2 is 2.17 bits per heavy atom. The monoisotopic (exact) mass is 315 g/mol. The van der Waals surface area contributed by atoms with Gasteiger partial charge in [-0.25, -0.2) is 4.98 Å². The number of aromatic nitrogens is 1. The van der Waals surface area contributed by atoms with Gasteiger partial charge in [0.05, 0.1) is 22.5 Å². The number of hydrogen-bond acceptors (Lipinski definition) is 6. The zero-order chi connectivity index (χ0) is 16.4. The number of nitro groups is 1. The first-order valence-electron chi connectivity index (χ1n) is 7.50. The minimum absolute atomic E-state index is 0.0941. The Balaban J connectivity index is 1.91. The van der Waals surface area contributed by atoms with E-state index in [0.29, 0.717) is 29.7 Å². The fraction of sp³-hybridized carbons (Fsp3) is 0.375. The molecule has 0 bridgehead atoms. The first kappa shape index (κ1) is 15.2. The number of esters is 1. The van der Waals surface area contributed by atoms with E-state index in [1.807, 2.05) is 6.07 Å². The van der Waals surface area contributed by atoms with Crippen LogP contribution in [0.15, 0.2) is 30.5 Å². The number of carbonyl (C=O) groups excluding carboxylic acids is 1. The molecule has 1 heterocycles. The highest BCUT2D eigenvalue weighted by atomic mass is 16.6. The average Bonchev–Trinajstić information content (AvgIpc) is 3.33. The van der Waals surface area contributed by atoms with Crippen LogP contribution in [0.1, 0.15) is 19.8 Å². The minimum atomic E-state index is -0.561. The number of pyridine rings is 1. The number of rotatable bonds is 6. The number of para-hydroxylation sites is 1. The van der Waals surface area contributed by atoms with Crippen molar-refractivity contribution in [2.45, 2.75) is 19.8 Å². The van der Waals surface area contributed by atoms with Gasteiger partial charge in [-0.2, -0.15) is 0 Å². The smallest absolute Gasteiger partial charge is 0.313 e. The van der Waals surface area contributed by atoms with Crippen molar-refractivity contribution in [3.8, 4) is 0 Å². The van der Waals surface area contributed by atoms with Crippen molar-refractivity contribution in [1.82, 2.24) is 4.98 Å². The Labute approximate surface area is 132 Å². The summed E-state index contributed by atoms with van der Waals surface area (Å²) in [5.41, 5.74) is 0.412. The molecular formula is C16H17N3O4. The van der Waals surface area contributed by atoms with E-state index in [4.69, 9.17) is 4.74 Å². The summed E-state index contributed by atoms with van der Waals surface area (Å²) < 4.78 is 5.10. The van der Waals surface area contributed by atoms with E-state index in [9.17, 15) is 14.9 Å². The van der Waals surface area contributed by atoms with Gasteiger partial charge in [0, 0.05) is 11.9 Å². The van der Waals surface area contributed by atoms with Crippen LogP contribution in [0.3, 0.4) is 0 Å². The summed E-state index contributed by atoms with van der Waals surface area (Å²) in [5, 5.41) is 15.0. The molecule has 1 aliphatic rings. The molecule has 1 aromatic heterocycles. The van der Waals surface area contributed by atoms with Crippen LogP contribution in [0.2, 0.25) is 0 Å². The molecule has 0 saturated heterocycles. The molecule has 0 aliphatic heterocycles. The Morgan fingerprint density at radius 3 is 2.83 bits per heavy atom. The maximum atomic E-state index is 12.0. The molecule has 0 radical (unpaired) electrons. The number of ether oxygens (including phenoxy) is 1. The number of hydrogen-bond donors (Lipinski definition) is 1. The maximum absolute atomic E-state index is 12.0. The largest absolute Gasteiger partial charge is 0.466 e. The summed E-state index contributed by atoms with van der Waals surface area (Å²) in [4.78, 5) is 26.9. The summed E-state index contributed by atoms with van der Waals surface area (Å²) in [6, 6.07) is 7.20. The molecule has 7 heteroatoms. The van der Waals surface area contributed by atoms with Crippen molar-refractivity contribution >= 4 is 28.2 Å². The Kier molecular flexibility index (Phi) is 3.85. The predicted molar refractivity (Wildman–Crippen MR) is 85.2 cm³/mol. The van der Waals surface area contributed by atoms with Crippen LogP contribution in [-0.4, -0.2) is 29.0 Å². The van der Waals surface area contributed by atoms with Crippen LogP contribution >= 0.6 is 0 Å². The Hall–Kier alpha value is -2.70. The Morgan fingerprint density at radius 1 is 1.43 bits per heavy atom. The van der Waals surface area contributed by atoms with Crippen LogP contribution in [-0.2, 0) is 9.53 Å². The molecule has 7 nitrogen and oxygen atoms in total. The molecule has 1 aromatic carbocycles. The van der Waals surface area contributed by atoms with Gasteiger partial charge < -0.3 is 10.1 Å². The molecule has 0 unspecified atom stereocenters. The number of nitrogens with zero attached hydrogens (tertiary/aromatic N) is 2. The van der Waals surface area contributed by atoms with Crippen molar-refractivity contribution in [2.75, 3.05) is 18.5 Å². The van der Waals surface area contributed by atoms with E-state index >= 15 is 0 Å². The van der Waals surface area contributed by atoms with Crippen LogP contribution in [0.5, 0.6) is 0 Å². The predicted octanol–water partition coefficient (Wildman–Crippen LogP) is 2.90. The average molecular weight is 315 g/mol. The number of benzene rings is 1. The van der Waals surface area contributed by atoms with Crippen LogP contribution < -0.4 is 5.32 Å². The fourth-order valence-electron chi connectivity index (χ4n) is 2.60. The Bertz CT molecular complexity index is 771. The molecule has 0 atom stereocenters. The van der Waals surface area contributed by atoms with Gasteiger partial charge in [-0.3, -0.25) is 14.9 Å². The first-order valence-corrected chi connectivity index (χ1v) is 7.50. The van der Waals surface area contributed by atoms with E-state index < -0.39 is 10.3 Å². The lowest BCUT2D eigenvalue weighted by Crippen LogP contribution is -2.27. The molecule has 0 amide bonds. The lowest BCUT2D eigenvalue weighted by molar-refractivity contribution is -0.384. The second-order valence-corrected chi connectivity index (χ2v) is 5.65. The molecule has 120 valence electrons. The SMILES string of the molecule is CCOC(=O)C1(CNc2c([N+](=O)[O-])cnc3ccccc23)CC1. The number of nitrogens with one attached hydrogen (secondary N) is 1. The lowest BCUT2D eigenvalue weighted by Gasteiger charge is -2.16. The zero-order valence-corrected chi connectivity index (χ0v) is 12.7. The summed E-state index contributed by atoms with van der Waals surface area (Å²) in [7, 11) is 0. The zero-order valence-electron chi connectivity index (χ0n) is 12.7. The van der Waals surface area contributed by atoms with E-state index in [1.54, 1.807) is 25.1 Å². The van der Waals surface area contributed by atoms with E-state index in [0.717, 1.165) is 12.8 Å². The van der Waals surface area contributed by atoms with Gasteiger partial charge in [0.25, 0.3) is 0 Å². The third-order valence-corrected chi connectivity index (χ3v) is 4.12. The number of anilines is 1. The maximum Gasteiger partial charge on any atom is 0.313 e. The highest BCUT2D eigenvalue weighted by molar-refractivity contribution is 5.96. The second kappa shape index (κ2) is 5.83. The number of carbonyl (C=O) groups is 1. The number of fused-ring (bicyclic) bond motifs is 1. The summed E-state index contributed by atoms with van der Waals surface area (Å²) in [6.45, 7) is 2.42. The van der Waals surface area contributed by atoms with Gasteiger partial charge in [0.1, 0.15) is 11.9 Å².